The third-order valence-corrected chi connectivity index (χ3v) is 15.0. The van der Waals surface area contributed by atoms with Gasteiger partial charge in [0.05, 0.1) is 42.0 Å². The maximum Gasteiger partial charge on any atom is 0.253 e. The molecule has 2 aliphatic heterocycles. The second-order valence-electron chi connectivity index (χ2n) is 20.8. The molecule has 5 N–H and O–H groups in total. The first-order chi connectivity index (χ1) is 36.4. The SMILES string of the molecule is CCN(c1cc(-c2ccc(OCCCOCCOCC(=O)NC(C(=O)N3C[C@H](O)C[C@H]3C(=O)NCc3ccc(-c4scnc4C)cc3)C(C)(C)C)cc2)cc(C(=O)NCc2c(C)cc(C)[nH]c2=O)c1C)C1CCOCC1. The van der Waals surface area contributed by atoms with E-state index in [1.165, 1.54) is 4.90 Å². The maximum absolute atomic E-state index is 14.0. The number of anilines is 1. The number of carbonyl (C=O) groups is 4. The van der Waals surface area contributed by atoms with Gasteiger partial charge >= 0.3 is 0 Å². The van der Waals surface area contributed by atoms with Crippen molar-refractivity contribution >= 4 is 40.7 Å². The predicted molar refractivity (Wildman–Crippen MR) is 295 cm³/mol. The van der Waals surface area contributed by atoms with E-state index in [1.807, 2.05) is 115 Å². The second-order valence-corrected chi connectivity index (χ2v) is 21.6. The zero-order chi connectivity index (χ0) is 54.5. The fraction of sp³-hybridized carbons (Fsp3) is 0.483. The van der Waals surface area contributed by atoms with Crippen molar-refractivity contribution in [1.29, 1.82) is 0 Å². The molecule has 1 unspecified atom stereocenters. The van der Waals surface area contributed by atoms with Gasteiger partial charge in [0.2, 0.25) is 17.7 Å². The Balaban J connectivity index is 0.849. The number of pyridine rings is 1. The minimum absolute atomic E-state index is 0.0240. The van der Waals surface area contributed by atoms with Crippen molar-refractivity contribution in [3.8, 4) is 27.3 Å². The van der Waals surface area contributed by atoms with Gasteiger partial charge in [0, 0.05) is 87.4 Å². The number of hydrogen-bond donors (Lipinski definition) is 5. The van der Waals surface area contributed by atoms with Crippen LogP contribution in [0.25, 0.3) is 21.6 Å². The Morgan fingerprint density at radius 1 is 0.895 bits per heavy atom. The Morgan fingerprint density at radius 3 is 2.28 bits per heavy atom. The number of likely N-dealkylation sites (tertiary alicyclic amines) is 1. The van der Waals surface area contributed by atoms with Crippen molar-refractivity contribution in [2.45, 2.75) is 118 Å². The van der Waals surface area contributed by atoms with Gasteiger partial charge in [-0.25, -0.2) is 4.98 Å². The van der Waals surface area contributed by atoms with E-state index < -0.39 is 35.4 Å². The van der Waals surface area contributed by atoms with E-state index in [0.717, 1.165) is 74.7 Å². The summed E-state index contributed by atoms with van der Waals surface area (Å²) in [5.41, 5.74) is 10.1. The standard InChI is InChI=1S/C58H75N7O10S/c1-9-64(44-19-23-73-24-20-44)49-29-43(28-47(38(49)4)54(68)60-32-48-36(2)27-37(3)62-55(48)69)41-15-17-46(18-16-41)75-22-10-21-72-25-26-74-34-51(67)63-53(58(6,7)8)57(71)65-33-45(66)30-50(65)56(70)59-31-40-11-13-42(14-12-40)52-39(5)61-35-76-52/h11-18,27-29,35,44-45,50,53,66H,9-10,19-26,30-34H2,1-8H3,(H,59,70)(H,60,68)(H,62,69)(H,63,67)/t45-,50+,53?/m1/s1. The van der Waals surface area contributed by atoms with Gasteiger partial charge < -0.3 is 54.8 Å². The third kappa shape index (κ3) is 14.9. The number of aromatic nitrogens is 2. The number of β-amino-alcohol motifs (C(OH)–C–C–N with tert-alkyl or cyclic N) is 1. The van der Waals surface area contributed by atoms with Gasteiger partial charge in [0.1, 0.15) is 24.4 Å². The average molecular weight is 1060 g/mol. The number of ether oxygens (including phenoxy) is 4. The van der Waals surface area contributed by atoms with Crippen molar-refractivity contribution in [3.63, 3.8) is 0 Å². The lowest BCUT2D eigenvalue weighted by molar-refractivity contribution is -0.144. The van der Waals surface area contributed by atoms with Crippen LogP contribution >= 0.6 is 11.3 Å². The number of aliphatic hydroxyl groups excluding tert-OH is 1. The third-order valence-electron chi connectivity index (χ3n) is 14.0. The highest BCUT2D eigenvalue weighted by Gasteiger charge is 2.44. The molecule has 2 fully saturated rings. The predicted octanol–water partition coefficient (Wildman–Crippen LogP) is 6.95. The number of aromatic amines is 1. The van der Waals surface area contributed by atoms with Crippen LogP contribution in [0.2, 0.25) is 0 Å². The summed E-state index contributed by atoms with van der Waals surface area (Å²) in [4.78, 5) is 79.3. The van der Waals surface area contributed by atoms with Gasteiger partial charge in [0.15, 0.2) is 0 Å². The minimum atomic E-state index is -0.978. The maximum atomic E-state index is 14.0. The van der Waals surface area contributed by atoms with Gasteiger partial charge in [-0.2, -0.15) is 0 Å². The molecule has 18 heteroatoms. The van der Waals surface area contributed by atoms with E-state index in [-0.39, 0.29) is 69.3 Å². The number of H-pyrrole nitrogens is 1. The average Bonchev–Trinajstić information content (AvgIpc) is 4.02. The Morgan fingerprint density at radius 2 is 1.61 bits per heavy atom. The number of aryl methyl sites for hydroxylation is 3. The number of amides is 4. The summed E-state index contributed by atoms with van der Waals surface area (Å²) in [6, 6.07) is 20.0. The molecule has 0 bridgehead atoms. The molecule has 2 aliphatic rings. The largest absolute Gasteiger partial charge is 0.494 e. The van der Waals surface area contributed by atoms with E-state index in [0.29, 0.717) is 49.7 Å². The zero-order valence-corrected chi connectivity index (χ0v) is 46.0. The molecule has 2 aromatic heterocycles. The van der Waals surface area contributed by atoms with E-state index in [4.69, 9.17) is 18.9 Å². The lowest BCUT2D eigenvalue weighted by atomic mass is 9.85. The van der Waals surface area contributed by atoms with Crippen LogP contribution in [-0.2, 0) is 41.7 Å². The van der Waals surface area contributed by atoms with Crippen LogP contribution in [0, 0.1) is 33.1 Å². The van der Waals surface area contributed by atoms with Crippen molar-refractivity contribution in [3.05, 3.63) is 122 Å². The Bertz CT molecular complexity index is 2840. The number of aliphatic hydroxyl groups is 1. The molecule has 17 nitrogen and oxygen atoms in total. The monoisotopic (exact) mass is 1060 g/mol. The van der Waals surface area contributed by atoms with Crippen molar-refractivity contribution in [2.24, 2.45) is 5.41 Å². The van der Waals surface area contributed by atoms with Crippen molar-refractivity contribution < 1.29 is 43.2 Å². The van der Waals surface area contributed by atoms with Gasteiger partial charge in [-0.05, 0) is 117 Å². The van der Waals surface area contributed by atoms with E-state index >= 15 is 0 Å². The number of nitrogens with one attached hydrogen (secondary N) is 4. The number of hydrogen-bond acceptors (Lipinski definition) is 13. The second kappa shape index (κ2) is 26.6. The molecule has 5 aromatic rings. The highest BCUT2D eigenvalue weighted by Crippen LogP contribution is 2.35. The molecule has 0 aliphatic carbocycles. The molecular weight excluding hydrogens is 987 g/mol. The first-order valence-corrected chi connectivity index (χ1v) is 27.2. The fourth-order valence-electron chi connectivity index (χ4n) is 9.85. The van der Waals surface area contributed by atoms with Crippen LogP contribution in [-0.4, -0.2) is 127 Å². The van der Waals surface area contributed by atoms with Crippen LogP contribution in [0.5, 0.6) is 5.75 Å². The number of nitrogens with zero attached hydrogens (tertiary/aromatic N) is 3. The van der Waals surface area contributed by atoms with Crippen LogP contribution in [0.1, 0.15) is 97.4 Å². The number of rotatable bonds is 23. The quantitative estimate of drug-likeness (QED) is 0.0421. The molecule has 7 rings (SSSR count). The highest BCUT2D eigenvalue weighted by molar-refractivity contribution is 7.13. The van der Waals surface area contributed by atoms with Crippen LogP contribution in [0.4, 0.5) is 5.69 Å². The number of carbonyl (C=O) groups excluding carboxylic acids is 4. The first kappa shape index (κ1) is 57.3. The lowest BCUT2D eigenvalue weighted by Crippen LogP contribution is -2.58. The van der Waals surface area contributed by atoms with Crippen LogP contribution < -0.4 is 31.1 Å². The van der Waals surface area contributed by atoms with Crippen molar-refractivity contribution in [2.75, 3.05) is 64.2 Å². The summed E-state index contributed by atoms with van der Waals surface area (Å²) in [6.45, 7) is 18.7. The van der Waals surface area contributed by atoms with Gasteiger partial charge in [0.25, 0.3) is 11.5 Å². The molecule has 0 spiro atoms. The Kier molecular flexibility index (Phi) is 20.0. The van der Waals surface area contributed by atoms with Crippen molar-refractivity contribution in [1.82, 2.24) is 30.8 Å². The summed E-state index contributed by atoms with van der Waals surface area (Å²) in [7, 11) is 0. The molecule has 3 aromatic carbocycles. The summed E-state index contributed by atoms with van der Waals surface area (Å²) in [5, 5.41) is 19.4. The smallest absolute Gasteiger partial charge is 0.253 e. The van der Waals surface area contributed by atoms with Gasteiger partial charge in [-0.1, -0.05) is 57.2 Å². The number of thiazole rings is 1. The first-order valence-electron chi connectivity index (χ1n) is 26.3. The van der Waals surface area contributed by atoms with E-state index in [1.54, 1.807) is 11.3 Å². The normalized spacial score (nSPS) is 16.3. The highest BCUT2D eigenvalue weighted by atomic mass is 32.1. The zero-order valence-electron chi connectivity index (χ0n) is 45.2. The molecular formula is C58H75N7O10S. The molecule has 408 valence electrons. The molecule has 4 heterocycles. The van der Waals surface area contributed by atoms with Gasteiger partial charge in [-0.15, -0.1) is 11.3 Å². The molecule has 3 atom stereocenters. The van der Waals surface area contributed by atoms with E-state index in [2.05, 4.69) is 43.8 Å². The molecule has 2 saturated heterocycles. The summed E-state index contributed by atoms with van der Waals surface area (Å²) >= 11 is 1.57. The molecule has 76 heavy (non-hydrogen) atoms. The van der Waals surface area contributed by atoms with E-state index in [9.17, 15) is 29.1 Å². The van der Waals surface area contributed by atoms with Gasteiger partial charge in [-0.3, -0.25) is 24.0 Å². The lowest BCUT2D eigenvalue weighted by Gasteiger charge is -2.37. The number of benzene rings is 3. The minimum Gasteiger partial charge on any atom is -0.494 e. The van der Waals surface area contributed by atoms with Crippen LogP contribution in [0.15, 0.2) is 77.0 Å². The summed E-state index contributed by atoms with van der Waals surface area (Å²) in [5.74, 6) is -0.879. The molecule has 4 amide bonds. The van der Waals surface area contributed by atoms with Crippen LogP contribution in [0.3, 0.4) is 0 Å². The Labute approximate surface area is 450 Å². The fourth-order valence-corrected chi connectivity index (χ4v) is 10.7. The summed E-state index contributed by atoms with van der Waals surface area (Å²) < 4.78 is 23.1. The molecule has 0 radical (unpaired) electrons. The molecule has 0 saturated carbocycles. The summed E-state index contributed by atoms with van der Waals surface area (Å²) in [6.07, 6.45) is 1.61. The topological polar surface area (TPSA) is 214 Å². The Hall–Kier alpha value is -6.44.